The normalized spacial score (nSPS) is 17.0. The third-order valence-corrected chi connectivity index (χ3v) is 5.18. The van der Waals surface area contributed by atoms with Gasteiger partial charge in [0.05, 0.1) is 17.7 Å². The molecule has 3 aromatic rings. The molecule has 1 aromatic carbocycles. The summed E-state index contributed by atoms with van der Waals surface area (Å²) in [5.74, 6) is -0.994. The van der Waals surface area contributed by atoms with Crippen LogP contribution in [-0.4, -0.2) is 28.1 Å². The van der Waals surface area contributed by atoms with E-state index in [4.69, 9.17) is 4.42 Å². The molecule has 4 nitrogen and oxygen atoms in total. The van der Waals surface area contributed by atoms with Gasteiger partial charge in [0.25, 0.3) is 0 Å². The van der Waals surface area contributed by atoms with Gasteiger partial charge < -0.3 is 9.52 Å². The topological polar surface area (TPSA) is 49.5 Å². The summed E-state index contributed by atoms with van der Waals surface area (Å²) in [5.41, 5.74) is -0.810. The van der Waals surface area contributed by atoms with Crippen LogP contribution in [0.1, 0.15) is 24.2 Å². The zero-order chi connectivity index (χ0) is 19.7. The average molecular weight is 388 g/mol. The van der Waals surface area contributed by atoms with Crippen molar-refractivity contribution in [3.8, 4) is 11.3 Å². The monoisotopic (exact) mass is 388 g/mol. The molecule has 1 aliphatic heterocycles. The maximum Gasteiger partial charge on any atom is 0.218 e. The van der Waals surface area contributed by atoms with Gasteiger partial charge >= 0.3 is 0 Å². The molecule has 1 N–H and O–H groups in total. The van der Waals surface area contributed by atoms with E-state index in [1.165, 1.54) is 18.3 Å². The van der Waals surface area contributed by atoms with Crippen LogP contribution >= 0.6 is 0 Å². The standard InChI is InChI=1S/C21H19F3N2O2/c22-14-3-5-16(18(23)12-14)19-6-4-15(28-19)13-26-10-7-21(27,8-11-26)17-2-1-9-25-20(17)24/h1-6,9,12,27H,7-8,10-11,13H2. The number of benzene rings is 1. The van der Waals surface area contributed by atoms with Crippen LogP contribution in [0.3, 0.4) is 0 Å². The van der Waals surface area contributed by atoms with Crippen LogP contribution in [0, 0.1) is 17.6 Å². The minimum atomic E-state index is -1.24. The van der Waals surface area contributed by atoms with E-state index in [-0.39, 0.29) is 11.1 Å². The Labute approximate surface area is 160 Å². The first-order valence-electron chi connectivity index (χ1n) is 9.04. The number of aliphatic hydroxyl groups is 1. The molecule has 1 saturated heterocycles. The highest BCUT2D eigenvalue weighted by atomic mass is 19.1. The molecule has 0 spiro atoms. The van der Waals surface area contributed by atoms with Gasteiger partial charge in [-0.3, -0.25) is 4.90 Å². The summed E-state index contributed by atoms with van der Waals surface area (Å²) < 4.78 is 46.6. The maximum atomic E-state index is 13.9. The average Bonchev–Trinajstić information content (AvgIpc) is 3.12. The molecule has 3 heterocycles. The van der Waals surface area contributed by atoms with Crippen molar-refractivity contribution in [2.45, 2.75) is 25.0 Å². The number of hydrogen-bond acceptors (Lipinski definition) is 4. The van der Waals surface area contributed by atoms with E-state index in [9.17, 15) is 18.3 Å². The Bertz CT molecular complexity index is 981. The molecule has 4 rings (SSSR count). The van der Waals surface area contributed by atoms with Crippen molar-refractivity contribution in [1.82, 2.24) is 9.88 Å². The van der Waals surface area contributed by atoms with Crippen molar-refractivity contribution in [3.05, 3.63) is 77.6 Å². The summed E-state index contributed by atoms with van der Waals surface area (Å²) in [4.78, 5) is 5.70. The number of aromatic nitrogens is 1. The summed E-state index contributed by atoms with van der Waals surface area (Å²) >= 11 is 0. The fraction of sp³-hybridized carbons (Fsp3) is 0.286. The number of halogens is 3. The second-order valence-electron chi connectivity index (χ2n) is 7.04. The Hall–Kier alpha value is -2.64. The SMILES string of the molecule is OC1(c2cccnc2F)CCN(Cc2ccc(-c3ccc(F)cc3F)o2)CC1. The lowest BCUT2D eigenvalue weighted by Gasteiger charge is -2.38. The number of rotatable bonds is 4. The predicted molar refractivity (Wildman–Crippen MR) is 96.7 cm³/mol. The predicted octanol–water partition coefficient (Wildman–Crippen LogP) is 4.24. The van der Waals surface area contributed by atoms with Crippen molar-refractivity contribution in [2.75, 3.05) is 13.1 Å². The van der Waals surface area contributed by atoms with E-state index in [1.807, 2.05) is 0 Å². The molecule has 146 valence electrons. The molecule has 1 aliphatic rings. The summed E-state index contributed by atoms with van der Waals surface area (Å²) in [6.07, 6.45) is 2.10. The van der Waals surface area contributed by atoms with Gasteiger partial charge in [0, 0.05) is 30.9 Å². The Balaban J connectivity index is 1.42. The number of furan rings is 1. The third kappa shape index (κ3) is 3.68. The van der Waals surface area contributed by atoms with Crippen LogP contribution in [0.5, 0.6) is 0 Å². The lowest BCUT2D eigenvalue weighted by atomic mass is 9.85. The molecular formula is C21H19F3N2O2. The highest BCUT2D eigenvalue weighted by molar-refractivity contribution is 5.58. The van der Waals surface area contributed by atoms with E-state index in [1.54, 1.807) is 24.3 Å². The van der Waals surface area contributed by atoms with Crippen LogP contribution in [0.15, 0.2) is 53.1 Å². The van der Waals surface area contributed by atoms with Crippen molar-refractivity contribution in [3.63, 3.8) is 0 Å². The molecule has 0 saturated carbocycles. The number of pyridine rings is 1. The minimum Gasteiger partial charge on any atom is -0.460 e. The van der Waals surface area contributed by atoms with Gasteiger partial charge in [0.2, 0.25) is 5.95 Å². The first-order valence-corrected chi connectivity index (χ1v) is 9.04. The summed E-state index contributed by atoms with van der Waals surface area (Å²) in [6, 6.07) is 9.92. The summed E-state index contributed by atoms with van der Waals surface area (Å²) in [7, 11) is 0. The van der Waals surface area contributed by atoms with Gasteiger partial charge in [-0.2, -0.15) is 4.39 Å². The van der Waals surface area contributed by atoms with Crippen molar-refractivity contribution in [2.24, 2.45) is 0 Å². The van der Waals surface area contributed by atoms with Crippen LogP contribution in [0.4, 0.5) is 13.2 Å². The van der Waals surface area contributed by atoms with Gasteiger partial charge in [0.15, 0.2) is 0 Å². The van der Waals surface area contributed by atoms with E-state index in [2.05, 4.69) is 9.88 Å². The zero-order valence-electron chi connectivity index (χ0n) is 15.0. The molecule has 0 radical (unpaired) electrons. The molecule has 7 heteroatoms. The van der Waals surface area contributed by atoms with Gasteiger partial charge in [-0.25, -0.2) is 13.8 Å². The second-order valence-corrected chi connectivity index (χ2v) is 7.04. The Kier molecular flexibility index (Phi) is 4.95. The number of likely N-dealkylation sites (tertiary alicyclic amines) is 1. The van der Waals surface area contributed by atoms with Crippen LogP contribution < -0.4 is 0 Å². The molecule has 0 bridgehead atoms. The van der Waals surface area contributed by atoms with Crippen molar-refractivity contribution < 1.29 is 22.7 Å². The molecule has 1 fully saturated rings. The number of piperidine rings is 1. The quantitative estimate of drug-likeness (QED) is 0.679. The molecule has 0 atom stereocenters. The smallest absolute Gasteiger partial charge is 0.218 e. The first-order chi connectivity index (χ1) is 13.4. The maximum absolute atomic E-state index is 13.9. The van der Waals surface area contributed by atoms with E-state index in [0.717, 1.165) is 6.07 Å². The fourth-order valence-electron chi connectivity index (χ4n) is 3.60. The van der Waals surface area contributed by atoms with E-state index in [0.29, 0.717) is 44.0 Å². The highest BCUT2D eigenvalue weighted by Crippen LogP contribution is 2.34. The Morgan fingerprint density at radius 2 is 1.86 bits per heavy atom. The van der Waals surface area contributed by atoms with E-state index >= 15 is 0 Å². The van der Waals surface area contributed by atoms with Crippen molar-refractivity contribution in [1.29, 1.82) is 0 Å². The second kappa shape index (κ2) is 7.41. The summed E-state index contributed by atoms with van der Waals surface area (Å²) in [6.45, 7) is 1.58. The van der Waals surface area contributed by atoms with Crippen LogP contribution in [0.25, 0.3) is 11.3 Å². The van der Waals surface area contributed by atoms with E-state index < -0.39 is 23.2 Å². The molecule has 2 aromatic heterocycles. The first kappa shape index (κ1) is 18.7. The Morgan fingerprint density at radius 1 is 1.07 bits per heavy atom. The highest BCUT2D eigenvalue weighted by Gasteiger charge is 2.36. The Morgan fingerprint density at radius 3 is 2.57 bits per heavy atom. The van der Waals surface area contributed by atoms with Gasteiger partial charge in [-0.15, -0.1) is 0 Å². The molecule has 0 aliphatic carbocycles. The van der Waals surface area contributed by atoms with Gasteiger partial charge in [0.1, 0.15) is 23.2 Å². The van der Waals surface area contributed by atoms with Crippen LogP contribution in [0.2, 0.25) is 0 Å². The molecule has 28 heavy (non-hydrogen) atoms. The molecule has 0 unspecified atom stereocenters. The lowest BCUT2D eigenvalue weighted by molar-refractivity contribution is -0.0319. The third-order valence-electron chi connectivity index (χ3n) is 5.18. The number of nitrogens with zero attached hydrogens (tertiary/aromatic N) is 2. The number of hydrogen-bond donors (Lipinski definition) is 1. The lowest BCUT2D eigenvalue weighted by Crippen LogP contribution is -2.42. The minimum absolute atomic E-state index is 0.202. The van der Waals surface area contributed by atoms with Crippen molar-refractivity contribution >= 4 is 0 Å². The zero-order valence-corrected chi connectivity index (χ0v) is 15.0. The largest absolute Gasteiger partial charge is 0.460 e. The van der Waals surface area contributed by atoms with Crippen LogP contribution in [-0.2, 0) is 12.1 Å². The molecule has 0 amide bonds. The summed E-state index contributed by atoms with van der Waals surface area (Å²) in [5, 5.41) is 10.8. The molecular weight excluding hydrogens is 369 g/mol. The fourth-order valence-corrected chi connectivity index (χ4v) is 3.60. The van der Waals surface area contributed by atoms with Gasteiger partial charge in [-0.1, -0.05) is 6.07 Å². The van der Waals surface area contributed by atoms with Gasteiger partial charge in [-0.05, 0) is 43.2 Å².